The molecule has 0 fully saturated rings. The molecule has 0 saturated heterocycles. The van der Waals surface area contributed by atoms with E-state index in [1.54, 1.807) is 0 Å². The van der Waals surface area contributed by atoms with Gasteiger partial charge in [-0.05, 0) is 80.7 Å². The van der Waals surface area contributed by atoms with Crippen LogP contribution in [0.4, 0.5) is 0 Å². The van der Waals surface area contributed by atoms with Crippen molar-refractivity contribution in [3.63, 3.8) is 0 Å². The second-order valence-electron chi connectivity index (χ2n) is 11.1. The molecule has 0 atom stereocenters. The summed E-state index contributed by atoms with van der Waals surface area (Å²) in [7, 11) is 0. The summed E-state index contributed by atoms with van der Waals surface area (Å²) in [6.45, 7) is -0.00428. The molecule has 2 aliphatic heterocycles. The third-order valence-electron chi connectivity index (χ3n) is 8.66. The van der Waals surface area contributed by atoms with E-state index in [-0.39, 0.29) is 6.71 Å². The number of ether oxygens (including phenoxy) is 2. The number of pyridine rings is 1. The first-order valence-electron chi connectivity index (χ1n) is 14.6. The van der Waals surface area contributed by atoms with Crippen LogP contribution < -0.4 is 25.9 Å². The number of nitrogens with zero attached hydrogens (tertiary/aromatic N) is 1. The Labute approximate surface area is 250 Å². The van der Waals surface area contributed by atoms with Gasteiger partial charge >= 0.3 is 0 Å². The molecular formula is C39H24BNO2. The lowest BCUT2D eigenvalue weighted by Crippen LogP contribution is -2.57. The second-order valence-corrected chi connectivity index (χ2v) is 11.1. The van der Waals surface area contributed by atoms with Gasteiger partial charge in [0.15, 0.2) is 0 Å². The molecule has 43 heavy (non-hydrogen) atoms. The Morgan fingerprint density at radius 2 is 0.977 bits per heavy atom. The molecule has 0 saturated carbocycles. The smallest absolute Gasteiger partial charge is 0.260 e. The van der Waals surface area contributed by atoms with Crippen molar-refractivity contribution in [2.45, 2.75) is 0 Å². The number of hydrogen-bond donors (Lipinski definition) is 0. The monoisotopic (exact) mass is 549 g/mol. The maximum Gasteiger partial charge on any atom is 0.260 e. The summed E-state index contributed by atoms with van der Waals surface area (Å²) in [5, 5.41) is 1.10. The normalized spacial score (nSPS) is 12.5. The van der Waals surface area contributed by atoms with Crippen LogP contribution in [0, 0.1) is 0 Å². The van der Waals surface area contributed by atoms with E-state index in [0.29, 0.717) is 0 Å². The van der Waals surface area contributed by atoms with Crippen LogP contribution >= 0.6 is 0 Å². The average molecular weight is 549 g/mol. The van der Waals surface area contributed by atoms with Crippen molar-refractivity contribution in [1.29, 1.82) is 0 Å². The lowest BCUT2D eigenvalue weighted by atomic mass is 9.34. The number of benzene rings is 6. The summed E-state index contributed by atoms with van der Waals surface area (Å²) in [6.07, 6.45) is 1.87. The van der Waals surface area contributed by atoms with E-state index >= 15 is 0 Å². The van der Waals surface area contributed by atoms with Gasteiger partial charge < -0.3 is 9.47 Å². The van der Waals surface area contributed by atoms with Crippen molar-refractivity contribution in [2.24, 2.45) is 0 Å². The van der Waals surface area contributed by atoms with Crippen LogP contribution in [0.3, 0.4) is 0 Å². The van der Waals surface area contributed by atoms with Crippen molar-refractivity contribution >= 4 is 34.0 Å². The molecule has 0 amide bonds. The van der Waals surface area contributed by atoms with Gasteiger partial charge in [0.1, 0.15) is 23.0 Å². The van der Waals surface area contributed by atoms with Gasteiger partial charge in [0.05, 0.1) is 5.52 Å². The first kappa shape index (κ1) is 24.0. The molecule has 0 bridgehead atoms. The summed E-state index contributed by atoms with van der Waals surface area (Å²) in [5.74, 6) is 3.41. The van der Waals surface area contributed by atoms with E-state index in [0.717, 1.165) is 83.7 Å². The first-order valence-corrected chi connectivity index (χ1v) is 14.6. The SMILES string of the molecule is c1ccc(-c2ccc3c(c2)Oc2cc(-c4ccnc5ccccc45)cc4c2B3c2ccc(-c3ccccc3)cc2O4)cc1. The minimum absolute atomic E-state index is 0.00428. The van der Waals surface area contributed by atoms with Crippen LogP contribution in [0.5, 0.6) is 23.0 Å². The van der Waals surface area contributed by atoms with Gasteiger partial charge in [0.2, 0.25) is 0 Å². The zero-order chi connectivity index (χ0) is 28.3. The van der Waals surface area contributed by atoms with Gasteiger partial charge in [0.25, 0.3) is 6.71 Å². The van der Waals surface area contributed by atoms with E-state index < -0.39 is 0 Å². The highest BCUT2D eigenvalue weighted by atomic mass is 16.5. The summed E-state index contributed by atoms with van der Waals surface area (Å²) in [4.78, 5) is 4.59. The third-order valence-corrected chi connectivity index (χ3v) is 8.66. The minimum atomic E-state index is -0.00428. The predicted octanol–water partition coefficient (Wildman–Crippen LogP) is 7.96. The molecule has 0 N–H and O–H groups in total. The van der Waals surface area contributed by atoms with Gasteiger partial charge in [-0.3, -0.25) is 4.98 Å². The molecule has 9 rings (SSSR count). The maximum atomic E-state index is 6.77. The molecule has 0 spiro atoms. The van der Waals surface area contributed by atoms with Crippen LogP contribution in [0.15, 0.2) is 146 Å². The predicted molar refractivity (Wildman–Crippen MR) is 176 cm³/mol. The molecule has 6 aromatic carbocycles. The summed E-state index contributed by atoms with van der Waals surface area (Å²) < 4.78 is 13.5. The number of para-hydroxylation sites is 1. The van der Waals surface area contributed by atoms with Crippen molar-refractivity contribution in [3.05, 3.63) is 146 Å². The molecule has 200 valence electrons. The number of rotatable bonds is 3. The van der Waals surface area contributed by atoms with Gasteiger partial charge in [-0.15, -0.1) is 0 Å². The van der Waals surface area contributed by atoms with E-state index in [2.05, 4.69) is 120 Å². The second kappa shape index (κ2) is 9.47. The fraction of sp³-hybridized carbons (Fsp3) is 0. The zero-order valence-corrected chi connectivity index (χ0v) is 23.2. The van der Waals surface area contributed by atoms with E-state index in [4.69, 9.17) is 9.47 Å². The Balaban J connectivity index is 1.27. The Hall–Kier alpha value is -5.61. The highest BCUT2D eigenvalue weighted by Crippen LogP contribution is 2.41. The van der Waals surface area contributed by atoms with E-state index in [9.17, 15) is 0 Å². The lowest BCUT2D eigenvalue weighted by molar-refractivity contribution is 0.465. The van der Waals surface area contributed by atoms with Crippen LogP contribution in [0.25, 0.3) is 44.3 Å². The fourth-order valence-electron chi connectivity index (χ4n) is 6.62. The van der Waals surface area contributed by atoms with Crippen molar-refractivity contribution in [3.8, 4) is 56.4 Å². The van der Waals surface area contributed by atoms with Crippen molar-refractivity contribution in [2.75, 3.05) is 0 Å². The molecule has 0 radical (unpaired) electrons. The molecular weight excluding hydrogens is 525 g/mol. The first-order chi connectivity index (χ1) is 21.3. The van der Waals surface area contributed by atoms with E-state index in [1.807, 2.05) is 30.5 Å². The van der Waals surface area contributed by atoms with Gasteiger partial charge in [-0.1, -0.05) is 103 Å². The van der Waals surface area contributed by atoms with Crippen LogP contribution in [-0.4, -0.2) is 11.7 Å². The van der Waals surface area contributed by atoms with Crippen LogP contribution in [0.1, 0.15) is 0 Å². The molecule has 0 aliphatic carbocycles. The summed E-state index contributed by atoms with van der Waals surface area (Å²) in [5.41, 5.74) is 11.0. The number of fused-ring (bicyclic) bond motifs is 5. The molecule has 3 nitrogen and oxygen atoms in total. The quantitative estimate of drug-likeness (QED) is 0.210. The molecule has 3 heterocycles. The third kappa shape index (κ3) is 3.88. The Morgan fingerprint density at radius 3 is 1.58 bits per heavy atom. The highest BCUT2D eigenvalue weighted by molar-refractivity contribution is 6.98. The molecule has 1 aromatic heterocycles. The Bertz CT molecular complexity index is 2070. The van der Waals surface area contributed by atoms with Gasteiger partial charge in [-0.25, -0.2) is 0 Å². The highest BCUT2D eigenvalue weighted by Gasteiger charge is 2.40. The van der Waals surface area contributed by atoms with Gasteiger partial charge in [-0.2, -0.15) is 0 Å². The van der Waals surface area contributed by atoms with Crippen molar-refractivity contribution in [1.82, 2.24) is 4.98 Å². The maximum absolute atomic E-state index is 6.77. The van der Waals surface area contributed by atoms with E-state index in [1.165, 1.54) is 0 Å². The molecule has 7 aromatic rings. The number of hydrogen-bond acceptors (Lipinski definition) is 3. The molecule has 2 aliphatic rings. The van der Waals surface area contributed by atoms with Crippen molar-refractivity contribution < 1.29 is 9.47 Å². The number of aromatic nitrogens is 1. The van der Waals surface area contributed by atoms with Crippen LogP contribution in [0.2, 0.25) is 0 Å². The average Bonchev–Trinajstić information content (AvgIpc) is 3.08. The Kier molecular flexibility index (Phi) is 5.29. The molecule has 0 unspecified atom stereocenters. The topological polar surface area (TPSA) is 31.4 Å². The molecule has 4 heteroatoms. The van der Waals surface area contributed by atoms with Gasteiger partial charge in [0, 0.05) is 17.0 Å². The fourth-order valence-corrected chi connectivity index (χ4v) is 6.62. The minimum Gasteiger partial charge on any atom is -0.458 e. The standard InChI is InChI=1S/C39H24BNO2/c1-3-9-25(10-4-1)27-15-17-32-35(21-27)42-37-23-29(30-19-20-41-34-14-8-7-13-31(30)34)24-38-39(37)40(32)33-18-16-28(22-36(33)43-38)26-11-5-2-6-12-26/h1-24H. The zero-order valence-electron chi connectivity index (χ0n) is 23.2. The van der Waals surface area contributed by atoms with Crippen LogP contribution in [-0.2, 0) is 0 Å². The lowest BCUT2D eigenvalue weighted by Gasteiger charge is -2.34. The Morgan fingerprint density at radius 1 is 0.442 bits per heavy atom. The summed E-state index contributed by atoms with van der Waals surface area (Å²) in [6, 6.07) is 48.8. The largest absolute Gasteiger partial charge is 0.458 e. The summed E-state index contributed by atoms with van der Waals surface area (Å²) >= 11 is 0.